The lowest BCUT2D eigenvalue weighted by Crippen LogP contribution is -2.60. The Morgan fingerprint density at radius 2 is 1.83 bits per heavy atom. The van der Waals surface area contributed by atoms with E-state index < -0.39 is 0 Å². The Kier molecular flexibility index (Phi) is 2.79. The van der Waals surface area contributed by atoms with Gasteiger partial charge >= 0.3 is 0 Å². The summed E-state index contributed by atoms with van der Waals surface area (Å²) in [6.07, 6.45) is 0. The van der Waals surface area contributed by atoms with Crippen molar-refractivity contribution in [3.8, 4) is 0 Å². The van der Waals surface area contributed by atoms with Crippen molar-refractivity contribution >= 4 is 0 Å². The van der Waals surface area contributed by atoms with E-state index in [0.717, 1.165) is 6.54 Å². The highest BCUT2D eigenvalue weighted by Gasteiger charge is 2.30. The second-order valence-electron chi connectivity index (χ2n) is 4.98. The fourth-order valence-corrected chi connectivity index (χ4v) is 1.96. The Morgan fingerprint density at radius 1 is 1.25 bits per heavy atom. The van der Waals surface area contributed by atoms with Crippen LogP contribution in [0.2, 0.25) is 0 Å². The van der Waals surface area contributed by atoms with Gasteiger partial charge in [-0.15, -0.1) is 0 Å². The molecule has 1 N–H and O–H groups in total. The molecule has 0 aliphatic carbocycles. The van der Waals surface area contributed by atoms with Crippen molar-refractivity contribution in [1.82, 2.24) is 10.2 Å². The molecule has 1 fully saturated rings. The Labute approximate surface area is 76.3 Å². The lowest BCUT2D eigenvalue weighted by atomic mass is 10.00. The fourth-order valence-electron chi connectivity index (χ4n) is 1.96. The fraction of sp³-hybridized carbons (Fsp3) is 1.00. The van der Waals surface area contributed by atoms with Crippen LogP contribution < -0.4 is 5.32 Å². The van der Waals surface area contributed by atoms with Crippen LogP contribution in [0.5, 0.6) is 0 Å². The van der Waals surface area contributed by atoms with Crippen LogP contribution in [0.1, 0.15) is 34.6 Å². The van der Waals surface area contributed by atoms with Gasteiger partial charge in [-0.1, -0.05) is 0 Å². The van der Waals surface area contributed by atoms with Crippen molar-refractivity contribution < 1.29 is 0 Å². The van der Waals surface area contributed by atoms with Crippen LogP contribution in [0, 0.1) is 0 Å². The number of piperazine rings is 1. The topological polar surface area (TPSA) is 15.3 Å². The smallest absolute Gasteiger partial charge is 0.0198 e. The van der Waals surface area contributed by atoms with E-state index in [-0.39, 0.29) is 0 Å². The highest BCUT2D eigenvalue weighted by Crippen LogP contribution is 2.19. The maximum Gasteiger partial charge on any atom is 0.0198 e. The third-order valence-electron chi connectivity index (χ3n) is 2.63. The van der Waals surface area contributed by atoms with E-state index in [4.69, 9.17) is 0 Å². The summed E-state index contributed by atoms with van der Waals surface area (Å²) in [5.41, 5.74) is 0.315. The largest absolute Gasteiger partial charge is 0.311 e. The van der Waals surface area contributed by atoms with Gasteiger partial charge in [-0.25, -0.2) is 0 Å². The molecule has 2 atom stereocenters. The van der Waals surface area contributed by atoms with Gasteiger partial charge in [-0.3, -0.25) is 4.90 Å². The van der Waals surface area contributed by atoms with E-state index in [0.29, 0.717) is 17.6 Å². The summed E-state index contributed by atoms with van der Waals surface area (Å²) >= 11 is 0. The summed E-state index contributed by atoms with van der Waals surface area (Å²) in [5, 5.41) is 3.49. The predicted molar refractivity (Wildman–Crippen MR) is 53.4 cm³/mol. The minimum absolute atomic E-state index is 0.315. The normalized spacial score (nSPS) is 33.8. The molecule has 0 aromatic heterocycles. The molecule has 72 valence electrons. The first-order chi connectivity index (χ1) is 5.41. The average Bonchev–Trinajstić information content (AvgIpc) is 1.92. The molecule has 1 saturated heterocycles. The summed E-state index contributed by atoms with van der Waals surface area (Å²) in [5.74, 6) is 0. The van der Waals surface area contributed by atoms with Gasteiger partial charge in [0.25, 0.3) is 0 Å². The van der Waals surface area contributed by atoms with Crippen LogP contribution in [0.15, 0.2) is 0 Å². The molecule has 0 aromatic carbocycles. The van der Waals surface area contributed by atoms with Gasteiger partial charge < -0.3 is 5.32 Å². The van der Waals surface area contributed by atoms with Gasteiger partial charge in [0.1, 0.15) is 0 Å². The molecule has 1 rings (SSSR count). The molecule has 2 heteroatoms. The maximum atomic E-state index is 3.49. The van der Waals surface area contributed by atoms with Gasteiger partial charge in [-0.05, 0) is 34.6 Å². The van der Waals surface area contributed by atoms with E-state index in [1.54, 1.807) is 0 Å². The van der Waals surface area contributed by atoms with Crippen LogP contribution in [0.4, 0.5) is 0 Å². The third-order valence-corrected chi connectivity index (χ3v) is 2.63. The number of rotatable bonds is 0. The summed E-state index contributed by atoms with van der Waals surface area (Å²) in [4.78, 5) is 2.58. The second-order valence-corrected chi connectivity index (χ2v) is 4.98. The number of hydrogen-bond acceptors (Lipinski definition) is 2. The number of nitrogens with one attached hydrogen (secondary N) is 1. The van der Waals surface area contributed by atoms with Crippen LogP contribution in [0.25, 0.3) is 0 Å². The van der Waals surface area contributed by atoms with Crippen LogP contribution >= 0.6 is 0 Å². The van der Waals surface area contributed by atoms with Gasteiger partial charge in [0.2, 0.25) is 0 Å². The maximum absolute atomic E-state index is 3.49. The predicted octanol–water partition coefficient (Wildman–Crippen LogP) is 1.47. The van der Waals surface area contributed by atoms with E-state index in [9.17, 15) is 0 Å². The lowest BCUT2D eigenvalue weighted by molar-refractivity contribution is 0.0533. The molecule has 12 heavy (non-hydrogen) atoms. The van der Waals surface area contributed by atoms with Crippen molar-refractivity contribution in [3.63, 3.8) is 0 Å². The van der Waals surface area contributed by atoms with Crippen LogP contribution in [0.3, 0.4) is 0 Å². The summed E-state index contributed by atoms with van der Waals surface area (Å²) < 4.78 is 0. The molecule has 2 nitrogen and oxygen atoms in total. The molecule has 0 radical (unpaired) electrons. The summed E-state index contributed by atoms with van der Waals surface area (Å²) in [7, 11) is 0. The van der Waals surface area contributed by atoms with Crippen molar-refractivity contribution in [2.45, 2.75) is 52.2 Å². The highest BCUT2D eigenvalue weighted by atomic mass is 15.3. The Morgan fingerprint density at radius 3 is 2.25 bits per heavy atom. The van der Waals surface area contributed by atoms with Gasteiger partial charge in [0.05, 0.1) is 0 Å². The minimum Gasteiger partial charge on any atom is -0.311 e. The third kappa shape index (κ3) is 2.20. The van der Waals surface area contributed by atoms with Crippen molar-refractivity contribution in [1.29, 1.82) is 0 Å². The Hall–Kier alpha value is -0.0800. The average molecular weight is 170 g/mol. The van der Waals surface area contributed by atoms with E-state index >= 15 is 0 Å². The van der Waals surface area contributed by atoms with E-state index in [1.807, 2.05) is 0 Å². The zero-order valence-electron chi connectivity index (χ0n) is 9.02. The zero-order valence-corrected chi connectivity index (χ0v) is 9.02. The van der Waals surface area contributed by atoms with E-state index in [1.165, 1.54) is 6.54 Å². The zero-order chi connectivity index (χ0) is 9.35. The van der Waals surface area contributed by atoms with Crippen molar-refractivity contribution in [2.75, 3.05) is 13.1 Å². The molecule has 0 spiro atoms. The second kappa shape index (κ2) is 3.35. The van der Waals surface area contributed by atoms with Crippen LogP contribution in [-0.4, -0.2) is 35.6 Å². The number of hydrogen-bond donors (Lipinski definition) is 1. The molecule has 1 aliphatic rings. The molecule has 0 saturated carbocycles. The molecular weight excluding hydrogens is 148 g/mol. The molecule has 0 amide bonds. The first kappa shape index (κ1) is 10.0. The first-order valence-electron chi connectivity index (χ1n) is 4.91. The van der Waals surface area contributed by atoms with Crippen LogP contribution in [-0.2, 0) is 0 Å². The van der Waals surface area contributed by atoms with Crippen molar-refractivity contribution in [2.24, 2.45) is 0 Å². The SMILES string of the molecule is CC1CN(C(C)(C)C)C(C)CN1. The molecular formula is C10H22N2. The molecule has 1 heterocycles. The number of nitrogens with zero attached hydrogens (tertiary/aromatic N) is 1. The van der Waals surface area contributed by atoms with Gasteiger partial charge in [-0.2, -0.15) is 0 Å². The lowest BCUT2D eigenvalue weighted by Gasteiger charge is -2.45. The first-order valence-corrected chi connectivity index (χ1v) is 4.91. The molecule has 0 aromatic rings. The highest BCUT2D eigenvalue weighted by molar-refractivity contribution is 4.88. The Balaban J connectivity index is 2.61. The quantitative estimate of drug-likeness (QED) is 0.592. The molecule has 1 aliphatic heterocycles. The standard InChI is InChI=1S/C10H22N2/c1-8-7-12(10(3,4)5)9(2)6-11-8/h8-9,11H,6-7H2,1-5H3. The molecule has 0 bridgehead atoms. The summed E-state index contributed by atoms with van der Waals surface area (Å²) in [6, 6.07) is 1.31. The van der Waals surface area contributed by atoms with Gasteiger partial charge in [0, 0.05) is 30.7 Å². The van der Waals surface area contributed by atoms with Crippen molar-refractivity contribution in [3.05, 3.63) is 0 Å². The minimum atomic E-state index is 0.315. The monoisotopic (exact) mass is 170 g/mol. The summed E-state index contributed by atoms with van der Waals surface area (Å²) in [6.45, 7) is 13.7. The Bertz CT molecular complexity index is 148. The van der Waals surface area contributed by atoms with E-state index in [2.05, 4.69) is 44.8 Å². The molecule has 2 unspecified atom stereocenters. The van der Waals surface area contributed by atoms with Gasteiger partial charge in [0.15, 0.2) is 0 Å².